The molecule has 88 valence electrons. The van der Waals surface area contributed by atoms with Crippen LogP contribution >= 0.6 is 0 Å². The van der Waals surface area contributed by atoms with Crippen LogP contribution in [0, 0.1) is 0 Å². The van der Waals surface area contributed by atoms with Crippen LogP contribution in [0.5, 0.6) is 0 Å². The SMILES string of the molecule is O=C(c1cnn2ccccc12)N1CCCCO1. The Morgan fingerprint density at radius 1 is 1.35 bits per heavy atom. The minimum absolute atomic E-state index is 0.106. The van der Waals surface area contributed by atoms with Gasteiger partial charge in [0.05, 0.1) is 23.9 Å². The molecular weight excluding hydrogens is 218 g/mol. The van der Waals surface area contributed by atoms with Gasteiger partial charge in [0.25, 0.3) is 5.91 Å². The van der Waals surface area contributed by atoms with E-state index in [9.17, 15) is 4.79 Å². The van der Waals surface area contributed by atoms with Crippen molar-refractivity contribution in [3.63, 3.8) is 0 Å². The smallest absolute Gasteiger partial charge is 0.271 e. The first-order chi connectivity index (χ1) is 8.36. The summed E-state index contributed by atoms with van der Waals surface area (Å²) in [6, 6.07) is 5.65. The molecule has 0 aromatic carbocycles. The molecule has 0 radical (unpaired) electrons. The molecule has 1 saturated heterocycles. The van der Waals surface area contributed by atoms with Gasteiger partial charge in [-0.1, -0.05) is 6.07 Å². The summed E-state index contributed by atoms with van der Waals surface area (Å²) in [5.41, 5.74) is 1.40. The standard InChI is InChI=1S/C12H13N3O2/c16-12(15-7-3-4-8-17-15)10-9-13-14-6-2-1-5-11(10)14/h1-2,5-6,9H,3-4,7-8H2. The molecule has 3 rings (SSSR count). The third-order valence-corrected chi connectivity index (χ3v) is 2.89. The minimum Gasteiger partial charge on any atom is -0.271 e. The Bertz CT molecular complexity index is 543. The minimum atomic E-state index is -0.106. The monoisotopic (exact) mass is 231 g/mol. The highest BCUT2D eigenvalue weighted by molar-refractivity contribution is 6.00. The van der Waals surface area contributed by atoms with Crippen molar-refractivity contribution in [2.45, 2.75) is 12.8 Å². The number of fused-ring (bicyclic) bond motifs is 1. The summed E-state index contributed by atoms with van der Waals surface area (Å²) in [6.45, 7) is 1.27. The summed E-state index contributed by atoms with van der Waals surface area (Å²) >= 11 is 0. The number of aromatic nitrogens is 2. The van der Waals surface area contributed by atoms with Crippen LogP contribution < -0.4 is 0 Å². The molecule has 17 heavy (non-hydrogen) atoms. The van der Waals surface area contributed by atoms with Gasteiger partial charge in [-0.15, -0.1) is 0 Å². The van der Waals surface area contributed by atoms with E-state index in [1.54, 1.807) is 10.7 Å². The molecule has 5 nitrogen and oxygen atoms in total. The number of hydrogen-bond acceptors (Lipinski definition) is 3. The Hall–Kier alpha value is -1.88. The lowest BCUT2D eigenvalue weighted by Gasteiger charge is -2.25. The molecule has 1 fully saturated rings. The highest BCUT2D eigenvalue weighted by Crippen LogP contribution is 2.15. The van der Waals surface area contributed by atoms with Crippen molar-refractivity contribution < 1.29 is 9.63 Å². The van der Waals surface area contributed by atoms with Crippen LogP contribution in [0.1, 0.15) is 23.2 Å². The topological polar surface area (TPSA) is 46.8 Å². The van der Waals surface area contributed by atoms with Crippen LogP contribution in [0.25, 0.3) is 5.52 Å². The zero-order valence-corrected chi connectivity index (χ0v) is 9.37. The number of hydrogen-bond donors (Lipinski definition) is 0. The number of carbonyl (C=O) groups excluding carboxylic acids is 1. The van der Waals surface area contributed by atoms with Crippen molar-refractivity contribution in [2.24, 2.45) is 0 Å². The number of hydroxylamine groups is 2. The highest BCUT2D eigenvalue weighted by atomic mass is 16.7. The van der Waals surface area contributed by atoms with E-state index >= 15 is 0 Å². The average molecular weight is 231 g/mol. The summed E-state index contributed by atoms with van der Waals surface area (Å²) in [6.07, 6.45) is 5.42. The number of carbonyl (C=O) groups is 1. The molecule has 0 unspecified atom stereocenters. The summed E-state index contributed by atoms with van der Waals surface area (Å²) in [5.74, 6) is -0.106. The van der Waals surface area contributed by atoms with Crippen LogP contribution in [0.3, 0.4) is 0 Å². The predicted octanol–water partition coefficient (Wildman–Crippen LogP) is 1.50. The lowest BCUT2D eigenvalue weighted by molar-refractivity contribution is -0.144. The molecule has 5 heteroatoms. The van der Waals surface area contributed by atoms with Gasteiger partial charge in [0.1, 0.15) is 0 Å². The Morgan fingerprint density at radius 3 is 3.12 bits per heavy atom. The quantitative estimate of drug-likeness (QED) is 0.747. The van der Waals surface area contributed by atoms with Crippen molar-refractivity contribution in [1.82, 2.24) is 14.7 Å². The van der Waals surface area contributed by atoms with E-state index in [0.717, 1.165) is 18.4 Å². The Morgan fingerprint density at radius 2 is 2.29 bits per heavy atom. The Labute approximate surface area is 98.5 Å². The first kappa shape index (κ1) is 10.3. The van der Waals surface area contributed by atoms with Crippen LogP contribution in [-0.2, 0) is 4.84 Å². The van der Waals surface area contributed by atoms with E-state index in [0.29, 0.717) is 18.7 Å². The Kier molecular flexibility index (Phi) is 2.53. The molecule has 1 aliphatic heterocycles. The van der Waals surface area contributed by atoms with Crippen molar-refractivity contribution >= 4 is 11.4 Å². The van der Waals surface area contributed by atoms with E-state index < -0.39 is 0 Å². The van der Waals surface area contributed by atoms with Gasteiger partial charge in [-0.05, 0) is 25.0 Å². The molecule has 0 atom stereocenters. The summed E-state index contributed by atoms with van der Waals surface area (Å²) in [7, 11) is 0. The molecule has 0 aliphatic carbocycles. The number of rotatable bonds is 1. The molecule has 1 aliphatic rings. The fraction of sp³-hybridized carbons (Fsp3) is 0.333. The summed E-state index contributed by atoms with van der Waals surface area (Å²) in [4.78, 5) is 17.6. The first-order valence-electron chi connectivity index (χ1n) is 5.73. The fourth-order valence-electron chi connectivity index (χ4n) is 1.99. The third-order valence-electron chi connectivity index (χ3n) is 2.89. The second kappa shape index (κ2) is 4.18. The van der Waals surface area contributed by atoms with Crippen LogP contribution in [0.15, 0.2) is 30.6 Å². The average Bonchev–Trinajstić information content (AvgIpc) is 2.83. The van der Waals surface area contributed by atoms with Gasteiger partial charge in [0.2, 0.25) is 0 Å². The summed E-state index contributed by atoms with van der Waals surface area (Å²) < 4.78 is 1.69. The van der Waals surface area contributed by atoms with Crippen molar-refractivity contribution in [1.29, 1.82) is 0 Å². The normalized spacial score (nSPS) is 16.4. The molecule has 1 amide bonds. The largest absolute Gasteiger partial charge is 0.281 e. The van der Waals surface area contributed by atoms with Crippen molar-refractivity contribution in [3.05, 3.63) is 36.2 Å². The van der Waals surface area contributed by atoms with E-state index in [4.69, 9.17) is 4.84 Å². The summed E-state index contributed by atoms with van der Waals surface area (Å²) in [5, 5.41) is 5.59. The van der Waals surface area contributed by atoms with Gasteiger partial charge >= 0.3 is 0 Å². The third kappa shape index (κ3) is 1.78. The first-order valence-corrected chi connectivity index (χ1v) is 5.73. The van der Waals surface area contributed by atoms with Crippen molar-refractivity contribution in [2.75, 3.05) is 13.2 Å². The maximum absolute atomic E-state index is 12.2. The predicted molar refractivity (Wildman–Crippen MR) is 61.4 cm³/mol. The molecule has 2 aromatic heterocycles. The molecule has 3 heterocycles. The number of nitrogens with zero attached hydrogens (tertiary/aromatic N) is 3. The molecule has 0 N–H and O–H groups in total. The van der Waals surface area contributed by atoms with E-state index in [1.165, 1.54) is 5.06 Å². The number of pyridine rings is 1. The van der Waals surface area contributed by atoms with Gasteiger partial charge in [0, 0.05) is 12.7 Å². The second-order valence-corrected chi connectivity index (χ2v) is 4.04. The molecule has 0 bridgehead atoms. The van der Waals surface area contributed by atoms with Crippen LogP contribution in [-0.4, -0.2) is 33.7 Å². The lowest BCUT2D eigenvalue weighted by Crippen LogP contribution is -2.35. The highest BCUT2D eigenvalue weighted by Gasteiger charge is 2.22. The van der Waals surface area contributed by atoms with Gasteiger partial charge < -0.3 is 0 Å². The maximum Gasteiger partial charge on any atom is 0.281 e. The van der Waals surface area contributed by atoms with E-state index in [-0.39, 0.29) is 5.91 Å². The van der Waals surface area contributed by atoms with Crippen molar-refractivity contribution in [3.8, 4) is 0 Å². The second-order valence-electron chi connectivity index (χ2n) is 4.04. The fourth-order valence-corrected chi connectivity index (χ4v) is 1.99. The molecule has 2 aromatic rings. The molecular formula is C12H13N3O2. The van der Waals surface area contributed by atoms with Gasteiger partial charge in [0.15, 0.2) is 0 Å². The van der Waals surface area contributed by atoms with E-state index in [1.807, 2.05) is 24.4 Å². The van der Waals surface area contributed by atoms with Crippen LogP contribution in [0.2, 0.25) is 0 Å². The molecule has 0 saturated carbocycles. The molecule has 0 spiro atoms. The van der Waals surface area contributed by atoms with Crippen LogP contribution in [0.4, 0.5) is 0 Å². The zero-order chi connectivity index (χ0) is 11.7. The maximum atomic E-state index is 12.2. The Balaban J connectivity index is 1.95. The van der Waals surface area contributed by atoms with E-state index in [2.05, 4.69) is 5.10 Å². The lowest BCUT2D eigenvalue weighted by atomic mass is 10.2. The van der Waals surface area contributed by atoms with Gasteiger partial charge in [-0.2, -0.15) is 5.10 Å². The zero-order valence-electron chi connectivity index (χ0n) is 9.37. The van der Waals surface area contributed by atoms with Gasteiger partial charge in [-0.3, -0.25) is 9.63 Å². The number of amides is 1. The van der Waals surface area contributed by atoms with Gasteiger partial charge in [-0.25, -0.2) is 9.58 Å².